The van der Waals surface area contributed by atoms with Crippen molar-refractivity contribution in [2.45, 2.75) is 90.9 Å². The highest BCUT2D eigenvalue weighted by Gasteiger charge is 2.31. The van der Waals surface area contributed by atoms with Gasteiger partial charge in [-0.25, -0.2) is 9.13 Å². The summed E-state index contributed by atoms with van der Waals surface area (Å²) in [5.41, 5.74) is -0.824. The summed E-state index contributed by atoms with van der Waals surface area (Å²) in [6.45, 7) is 11.8. The predicted molar refractivity (Wildman–Crippen MR) is 115 cm³/mol. The van der Waals surface area contributed by atoms with E-state index in [1.165, 1.54) is 0 Å². The standard InChI is InChI=1S/C18H39NO10P2/c1-7-17(5,10-9-11-27-18(6,8-2)14(3)4)19-16(20)12-15(29-31(24,25)26)13-28-30(21,22)23/h14-15H,7-13H2,1-6H3,(H,19,20)(H2,21,22,23)(H2,24,25,26). The van der Waals surface area contributed by atoms with Crippen molar-refractivity contribution in [1.29, 1.82) is 0 Å². The largest absolute Gasteiger partial charge is 0.469 e. The van der Waals surface area contributed by atoms with Gasteiger partial charge in [0, 0.05) is 12.1 Å². The summed E-state index contributed by atoms with van der Waals surface area (Å²) in [6.07, 6.45) is 0.695. The molecule has 0 bridgehead atoms. The van der Waals surface area contributed by atoms with Crippen LogP contribution < -0.4 is 5.32 Å². The third kappa shape index (κ3) is 13.7. The van der Waals surface area contributed by atoms with Crippen molar-refractivity contribution in [3.8, 4) is 0 Å². The van der Waals surface area contributed by atoms with Crippen LogP contribution in [-0.2, 0) is 27.7 Å². The molecule has 0 aliphatic carbocycles. The third-order valence-electron chi connectivity index (χ3n) is 5.58. The lowest BCUT2D eigenvalue weighted by Crippen LogP contribution is -2.47. The lowest BCUT2D eigenvalue weighted by Gasteiger charge is -2.34. The lowest BCUT2D eigenvalue weighted by atomic mass is 9.89. The molecular weight excluding hydrogens is 452 g/mol. The van der Waals surface area contributed by atoms with E-state index in [0.29, 0.717) is 31.8 Å². The van der Waals surface area contributed by atoms with Crippen LogP contribution in [0.15, 0.2) is 0 Å². The molecule has 0 spiro atoms. The Labute approximate surface area is 184 Å². The Morgan fingerprint density at radius 2 is 1.61 bits per heavy atom. The fraction of sp³-hybridized carbons (Fsp3) is 0.944. The molecule has 186 valence electrons. The number of phosphoric ester groups is 2. The molecule has 0 aromatic carbocycles. The zero-order valence-corrected chi connectivity index (χ0v) is 21.0. The summed E-state index contributed by atoms with van der Waals surface area (Å²) in [7, 11) is -9.89. The van der Waals surface area contributed by atoms with Gasteiger partial charge >= 0.3 is 15.6 Å². The molecular formula is C18H39NO10P2. The molecule has 0 aromatic rings. The second-order valence-corrected chi connectivity index (χ2v) is 10.9. The minimum atomic E-state index is -5.00. The maximum Gasteiger partial charge on any atom is 0.469 e. The lowest BCUT2D eigenvalue weighted by molar-refractivity contribution is -0.125. The van der Waals surface area contributed by atoms with Crippen LogP contribution in [-0.4, -0.2) is 55.9 Å². The second kappa shape index (κ2) is 12.8. The van der Waals surface area contributed by atoms with Crippen molar-refractivity contribution in [1.82, 2.24) is 5.32 Å². The van der Waals surface area contributed by atoms with Crippen molar-refractivity contribution in [3.05, 3.63) is 0 Å². The number of nitrogens with one attached hydrogen (secondary N) is 1. The number of carbonyl (C=O) groups excluding carboxylic acids is 1. The van der Waals surface area contributed by atoms with Gasteiger partial charge in [-0.05, 0) is 45.4 Å². The van der Waals surface area contributed by atoms with Crippen molar-refractivity contribution >= 4 is 21.6 Å². The van der Waals surface area contributed by atoms with Gasteiger partial charge in [0.1, 0.15) is 6.10 Å². The van der Waals surface area contributed by atoms with Crippen molar-refractivity contribution in [3.63, 3.8) is 0 Å². The Bertz CT molecular complexity index is 649. The molecule has 3 atom stereocenters. The molecule has 5 N–H and O–H groups in total. The highest BCUT2D eigenvalue weighted by Crippen LogP contribution is 2.41. The topological polar surface area (TPSA) is 172 Å². The number of rotatable bonds is 16. The fourth-order valence-electron chi connectivity index (χ4n) is 2.87. The van der Waals surface area contributed by atoms with Gasteiger partial charge in [0.2, 0.25) is 5.91 Å². The Hall–Kier alpha value is -0.350. The van der Waals surface area contributed by atoms with E-state index in [0.717, 1.165) is 6.42 Å². The van der Waals surface area contributed by atoms with Crippen LogP contribution >= 0.6 is 15.6 Å². The minimum absolute atomic E-state index is 0.224. The summed E-state index contributed by atoms with van der Waals surface area (Å²) in [5, 5.41) is 2.81. The molecule has 0 radical (unpaired) electrons. The molecule has 0 aliphatic rings. The molecule has 0 saturated carbocycles. The first-order chi connectivity index (χ1) is 14.0. The molecule has 31 heavy (non-hydrogen) atoms. The quantitative estimate of drug-likeness (QED) is 0.160. The summed E-state index contributed by atoms with van der Waals surface area (Å²) >= 11 is 0. The number of amides is 1. The third-order valence-corrected chi connectivity index (χ3v) is 6.64. The Morgan fingerprint density at radius 1 is 1.03 bits per heavy atom. The van der Waals surface area contributed by atoms with Gasteiger partial charge in [0.25, 0.3) is 0 Å². The minimum Gasteiger partial charge on any atom is -0.375 e. The smallest absolute Gasteiger partial charge is 0.375 e. The van der Waals surface area contributed by atoms with Crippen LogP contribution in [0, 0.1) is 5.92 Å². The number of hydrogen-bond donors (Lipinski definition) is 5. The number of ether oxygens (including phenoxy) is 1. The van der Waals surface area contributed by atoms with Crippen LogP contribution in [0.25, 0.3) is 0 Å². The maximum absolute atomic E-state index is 12.4. The first-order valence-corrected chi connectivity index (χ1v) is 13.4. The number of carbonyl (C=O) groups is 1. The molecule has 3 unspecified atom stereocenters. The van der Waals surface area contributed by atoms with Crippen LogP contribution in [0.5, 0.6) is 0 Å². The van der Waals surface area contributed by atoms with Gasteiger partial charge in [-0.15, -0.1) is 0 Å². The predicted octanol–water partition coefficient (Wildman–Crippen LogP) is 2.87. The zero-order valence-electron chi connectivity index (χ0n) is 19.2. The Morgan fingerprint density at radius 3 is 2.03 bits per heavy atom. The highest BCUT2D eigenvalue weighted by molar-refractivity contribution is 7.46. The zero-order chi connectivity index (χ0) is 24.5. The van der Waals surface area contributed by atoms with Gasteiger partial charge < -0.3 is 29.6 Å². The average Bonchev–Trinajstić information content (AvgIpc) is 2.61. The number of phosphoric acid groups is 2. The van der Waals surface area contributed by atoms with E-state index < -0.39 is 46.2 Å². The molecule has 0 rings (SSSR count). The molecule has 0 fully saturated rings. The van der Waals surface area contributed by atoms with Gasteiger partial charge in [0.05, 0.1) is 18.6 Å². The van der Waals surface area contributed by atoms with Gasteiger partial charge in [-0.2, -0.15) is 0 Å². The van der Waals surface area contributed by atoms with Crippen LogP contribution in [0.2, 0.25) is 0 Å². The second-order valence-electron chi connectivity index (χ2n) is 8.44. The normalized spacial score (nSPS) is 17.8. The van der Waals surface area contributed by atoms with Crippen LogP contribution in [0.4, 0.5) is 0 Å². The molecule has 0 aliphatic heterocycles. The van der Waals surface area contributed by atoms with E-state index in [2.05, 4.69) is 42.1 Å². The van der Waals surface area contributed by atoms with Crippen molar-refractivity contribution in [2.24, 2.45) is 5.92 Å². The van der Waals surface area contributed by atoms with Crippen LogP contribution in [0.1, 0.15) is 73.6 Å². The summed E-state index contributed by atoms with van der Waals surface area (Å²) in [6, 6.07) is 0. The van der Waals surface area contributed by atoms with Crippen molar-refractivity contribution < 1.29 is 47.3 Å². The molecule has 0 heterocycles. The van der Waals surface area contributed by atoms with E-state index in [-0.39, 0.29) is 5.60 Å². The molecule has 0 aromatic heterocycles. The molecule has 0 saturated heterocycles. The van der Waals surface area contributed by atoms with E-state index >= 15 is 0 Å². The van der Waals surface area contributed by atoms with Gasteiger partial charge in [-0.1, -0.05) is 27.7 Å². The monoisotopic (exact) mass is 491 g/mol. The van der Waals surface area contributed by atoms with E-state index in [4.69, 9.17) is 24.3 Å². The highest BCUT2D eigenvalue weighted by atomic mass is 31.2. The number of hydrogen-bond acceptors (Lipinski definition) is 6. The average molecular weight is 491 g/mol. The van der Waals surface area contributed by atoms with E-state index in [1.54, 1.807) is 0 Å². The van der Waals surface area contributed by atoms with Gasteiger partial charge in [-0.3, -0.25) is 13.8 Å². The van der Waals surface area contributed by atoms with E-state index in [1.807, 2.05) is 13.8 Å². The fourth-order valence-corrected chi connectivity index (χ4v) is 3.75. The Balaban J connectivity index is 4.87. The van der Waals surface area contributed by atoms with Gasteiger partial charge in [0.15, 0.2) is 0 Å². The van der Waals surface area contributed by atoms with E-state index in [9.17, 15) is 13.9 Å². The summed E-state index contributed by atoms with van der Waals surface area (Å²) in [5.74, 6) is -0.227. The molecule has 1 amide bonds. The van der Waals surface area contributed by atoms with Crippen LogP contribution in [0.3, 0.4) is 0 Å². The first kappa shape index (κ1) is 30.6. The first-order valence-electron chi connectivity index (χ1n) is 10.3. The molecule has 11 nitrogen and oxygen atoms in total. The summed E-state index contributed by atoms with van der Waals surface area (Å²) < 4.78 is 36.7. The Kier molecular flexibility index (Phi) is 12.6. The van der Waals surface area contributed by atoms with Crippen molar-refractivity contribution in [2.75, 3.05) is 13.2 Å². The SMILES string of the molecule is CCC(C)(CCCOC(C)(CC)C(C)C)NC(=O)CC(COP(=O)(O)O)OP(=O)(O)O. The summed E-state index contributed by atoms with van der Waals surface area (Å²) in [4.78, 5) is 47.9. The molecule has 13 heteroatoms. The maximum atomic E-state index is 12.4.